The van der Waals surface area contributed by atoms with Crippen LogP contribution in [-0.2, 0) is 0 Å². The summed E-state index contributed by atoms with van der Waals surface area (Å²) in [4.78, 5) is 28.6. The molecule has 2 heterocycles. The average molecular weight is 366 g/mol. The first-order valence-corrected chi connectivity index (χ1v) is 8.67. The molecule has 8 heteroatoms. The first-order valence-electron chi connectivity index (χ1n) is 8.67. The smallest absolute Gasteiger partial charge is 0.270 e. The number of benzene rings is 2. The Bertz CT molecular complexity index is 1070. The van der Waals surface area contributed by atoms with Gasteiger partial charge in [0.2, 0.25) is 0 Å². The number of nitrogens with one attached hydrogen (secondary N) is 1. The molecule has 1 aromatic heterocycles. The van der Waals surface area contributed by atoms with Crippen LogP contribution < -0.4 is 15.6 Å². The Morgan fingerprint density at radius 2 is 2.04 bits per heavy atom. The fraction of sp³-hybridized carbons (Fsp3) is 0.263. The number of non-ortho nitro benzene ring substituents is 1. The molecule has 0 amide bonds. The van der Waals surface area contributed by atoms with Gasteiger partial charge in [-0.2, -0.15) is 0 Å². The minimum atomic E-state index is -0.511. The van der Waals surface area contributed by atoms with Crippen molar-refractivity contribution in [2.24, 2.45) is 0 Å². The van der Waals surface area contributed by atoms with Gasteiger partial charge < -0.3 is 10.1 Å². The van der Waals surface area contributed by atoms with Crippen LogP contribution >= 0.6 is 0 Å². The highest BCUT2D eigenvalue weighted by Gasteiger charge is 2.24. The molecule has 0 unspecified atom stereocenters. The molecule has 3 aromatic rings. The lowest BCUT2D eigenvalue weighted by Gasteiger charge is -2.18. The van der Waals surface area contributed by atoms with Gasteiger partial charge in [-0.05, 0) is 49.7 Å². The van der Waals surface area contributed by atoms with E-state index in [-0.39, 0.29) is 22.7 Å². The van der Waals surface area contributed by atoms with Gasteiger partial charge in [-0.15, -0.1) is 0 Å². The number of nitrogens with zero attached hydrogens (tertiary/aromatic N) is 3. The van der Waals surface area contributed by atoms with Crippen LogP contribution in [0.15, 0.2) is 47.3 Å². The lowest BCUT2D eigenvalue weighted by atomic mass is 10.1. The maximum Gasteiger partial charge on any atom is 0.270 e. The van der Waals surface area contributed by atoms with Gasteiger partial charge >= 0.3 is 0 Å². The Kier molecular flexibility index (Phi) is 4.33. The number of nitro groups is 1. The molecular formula is C19H18N4O4. The number of ether oxygens (including phenoxy) is 1. The second-order valence-electron chi connectivity index (χ2n) is 6.42. The summed E-state index contributed by atoms with van der Waals surface area (Å²) >= 11 is 0. The molecule has 0 aliphatic carbocycles. The summed E-state index contributed by atoms with van der Waals surface area (Å²) in [7, 11) is 1.58. The van der Waals surface area contributed by atoms with Gasteiger partial charge in [-0.3, -0.25) is 19.5 Å². The zero-order chi connectivity index (χ0) is 19.0. The van der Waals surface area contributed by atoms with Crippen LogP contribution in [-0.4, -0.2) is 28.1 Å². The Morgan fingerprint density at radius 3 is 2.67 bits per heavy atom. The number of hydrogen-bond acceptors (Lipinski definition) is 6. The van der Waals surface area contributed by atoms with E-state index in [9.17, 15) is 14.9 Å². The van der Waals surface area contributed by atoms with Crippen LogP contribution in [0.2, 0.25) is 0 Å². The van der Waals surface area contributed by atoms with Crippen molar-refractivity contribution >= 4 is 16.6 Å². The highest BCUT2D eigenvalue weighted by atomic mass is 16.6. The summed E-state index contributed by atoms with van der Waals surface area (Å²) in [5, 5.41) is 14.7. The van der Waals surface area contributed by atoms with Gasteiger partial charge in [0, 0.05) is 12.1 Å². The summed E-state index contributed by atoms with van der Waals surface area (Å²) in [5.41, 5.74) is 0.649. The van der Waals surface area contributed by atoms with Gasteiger partial charge in [-0.1, -0.05) is 0 Å². The van der Waals surface area contributed by atoms with Crippen LogP contribution in [0.1, 0.15) is 24.7 Å². The molecule has 1 aliphatic heterocycles. The predicted octanol–water partition coefficient (Wildman–Crippen LogP) is 2.73. The largest absolute Gasteiger partial charge is 0.497 e. The molecule has 2 aromatic carbocycles. The third-order valence-electron chi connectivity index (χ3n) is 4.79. The minimum absolute atomic E-state index is 0.0422. The van der Waals surface area contributed by atoms with E-state index in [0.717, 1.165) is 19.4 Å². The highest BCUT2D eigenvalue weighted by Crippen LogP contribution is 2.26. The third-order valence-corrected chi connectivity index (χ3v) is 4.79. The molecule has 27 heavy (non-hydrogen) atoms. The maximum absolute atomic E-state index is 13.3. The van der Waals surface area contributed by atoms with Crippen molar-refractivity contribution in [1.82, 2.24) is 14.9 Å². The first-order chi connectivity index (χ1) is 13.1. The Hall–Kier alpha value is -3.26. The lowest BCUT2D eigenvalue weighted by Crippen LogP contribution is -2.28. The molecule has 0 spiro atoms. The third kappa shape index (κ3) is 3.04. The Balaban J connectivity index is 1.99. The molecule has 1 fully saturated rings. The van der Waals surface area contributed by atoms with Gasteiger partial charge in [0.25, 0.3) is 11.2 Å². The van der Waals surface area contributed by atoms with Gasteiger partial charge in [0.15, 0.2) is 0 Å². The highest BCUT2D eigenvalue weighted by molar-refractivity contribution is 5.80. The molecular weight excluding hydrogens is 348 g/mol. The molecule has 0 radical (unpaired) electrons. The zero-order valence-electron chi connectivity index (χ0n) is 14.7. The zero-order valence-corrected chi connectivity index (χ0v) is 14.7. The first kappa shape index (κ1) is 17.2. The van der Waals surface area contributed by atoms with E-state index in [1.165, 1.54) is 22.8 Å². The Morgan fingerprint density at radius 1 is 1.26 bits per heavy atom. The molecule has 1 saturated heterocycles. The standard InChI is InChI=1S/C19H18N4O4/c1-27-14-7-4-12(5-8-14)22-18(17-3-2-10-20-17)21-16-9-6-13(23(25)26)11-15(16)19(22)24/h4-9,11,17,20H,2-3,10H2,1H3/t17-/m0/s1. The van der Waals surface area contributed by atoms with Crippen LogP contribution in [0.5, 0.6) is 5.75 Å². The second kappa shape index (κ2) is 6.81. The van der Waals surface area contributed by atoms with E-state index < -0.39 is 4.92 Å². The topological polar surface area (TPSA) is 99.3 Å². The molecule has 1 N–H and O–H groups in total. The number of hydrogen-bond donors (Lipinski definition) is 1. The van der Waals surface area contributed by atoms with E-state index in [0.29, 0.717) is 22.8 Å². The molecule has 8 nitrogen and oxygen atoms in total. The number of nitro benzene ring substituents is 1. The van der Waals surface area contributed by atoms with E-state index in [2.05, 4.69) is 10.3 Å². The predicted molar refractivity (Wildman–Crippen MR) is 101 cm³/mol. The number of methoxy groups -OCH3 is 1. The fourth-order valence-corrected chi connectivity index (χ4v) is 3.42. The molecule has 1 atom stereocenters. The van der Waals surface area contributed by atoms with Gasteiger partial charge in [0.05, 0.1) is 34.7 Å². The van der Waals surface area contributed by atoms with E-state index in [1.54, 1.807) is 31.4 Å². The van der Waals surface area contributed by atoms with E-state index in [4.69, 9.17) is 4.74 Å². The van der Waals surface area contributed by atoms with Crippen LogP contribution in [0, 0.1) is 10.1 Å². The summed E-state index contributed by atoms with van der Waals surface area (Å²) < 4.78 is 6.72. The quantitative estimate of drug-likeness (QED) is 0.563. The van der Waals surface area contributed by atoms with Crippen LogP contribution in [0.3, 0.4) is 0 Å². The molecule has 138 valence electrons. The molecule has 0 bridgehead atoms. The van der Waals surface area contributed by atoms with Gasteiger partial charge in [-0.25, -0.2) is 4.98 Å². The maximum atomic E-state index is 13.3. The van der Waals surface area contributed by atoms with Crippen molar-refractivity contribution in [3.05, 3.63) is 68.8 Å². The van der Waals surface area contributed by atoms with E-state index >= 15 is 0 Å². The summed E-state index contributed by atoms with van der Waals surface area (Å²) in [6.07, 6.45) is 1.88. The summed E-state index contributed by atoms with van der Waals surface area (Å²) in [6.45, 7) is 0.863. The summed E-state index contributed by atoms with van der Waals surface area (Å²) in [6, 6.07) is 11.3. The normalized spacial score (nSPS) is 16.6. The second-order valence-corrected chi connectivity index (χ2v) is 6.42. The van der Waals surface area contributed by atoms with Crippen molar-refractivity contribution in [3.8, 4) is 11.4 Å². The SMILES string of the molecule is COc1ccc(-n2c([C@@H]3CCCN3)nc3ccc([N+](=O)[O-])cc3c2=O)cc1. The number of fused-ring (bicyclic) bond motifs is 1. The van der Waals surface area contributed by atoms with E-state index in [1.807, 2.05) is 0 Å². The van der Waals surface area contributed by atoms with Crippen molar-refractivity contribution < 1.29 is 9.66 Å². The lowest BCUT2D eigenvalue weighted by molar-refractivity contribution is -0.384. The van der Waals surface area contributed by atoms with Crippen molar-refractivity contribution in [3.63, 3.8) is 0 Å². The van der Waals surface area contributed by atoms with Crippen LogP contribution in [0.25, 0.3) is 16.6 Å². The number of rotatable bonds is 4. The Labute approximate surface area is 154 Å². The number of aromatic nitrogens is 2. The minimum Gasteiger partial charge on any atom is -0.497 e. The fourth-order valence-electron chi connectivity index (χ4n) is 3.42. The van der Waals surface area contributed by atoms with Gasteiger partial charge in [0.1, 0.15) is 11.6 Å². The van der Waals surface area contributed by atoms with Crippen molar-refractivity contribution in [2.45, 2.75) is 18.9 Å². The monoisotopic (exact) mass is 366 g/mol. The molecule has 1 aliphatic rings. The van der Waals surface area contributed by atoms with Crippen molar-refractivity contribution in [2.75, 3.05) is 13.7 Å². The summed E-state index contributed by atoms with van der Waals surface area (Å²) in [5.74, 6) is 1.29. The average Bonchev–Trinajstić information content (AvgIpc) is 3.22. The van der Waals surface area contributed by atoms with Crippen LogP contribution in [0.4, 0.5) is 5.69 Å². The molecule has 4 rings (SSSR count). The van der Waals surface area contributed by atoms with Crippen molar-refractivity contribution in [1.29, 1.82) is 0 Å². The molecule has 0 saturated carbocycles.